The van der Waals surface area contributed by atoms with E-state index < -0.39 is 6.03 Å². The molecule has 0 aliphatic carbocycles. The first-order valence-corrected chi connectivity index (χ1v) is 8.56. The SMILES string of the molecule is CC(C)N1C(=O)c2ccc(NC(=O)NCc3ccccc3Cl)cc2C1=O. The van der Waals surface area contributed by atoms with Crippen molar-refractivity contribution in [2.75, 3.05) is 5.32 Å². The Bertz CT molecular complexity index is 895. The van der Waals surface area contributed by atoms with E-state index in [1.807, 2.05) is 18.2 Å². The van der Waals surface area contributed by atoms with E-state index in [1.54, 1.807) is 32.0 Å². The van der Waals surface area contributed by atoms with Crippen molar-refractivity contribution in [2.45, 2.75) is 26.4 Å². The molecule has 6 nitrogen and oxygen atoms in total. The number of rotatable bonds is 4. The molecule has 0 saturated carbocycles. The van der Waals surface area contributed by atoms with E-state index in [4.69, 9.17) is 11.6 Å². The van der Waals surface area contributed by atoms with Crippen LogP contribution >= 0.6 is 11.6 Å². The maximum absolute atomic E-state index is 12.4. The van der Waals surface area contributed by atoms with Crippen LogP contribution in [-0.4, -0.2) is 28.8 Å². The number of imide groups is 1. The zero-order chi connectivity index (χ0) is 18.8. The van der Waals surface area contributed by atoms with Gasteiger partial charge in [-0.05, 0) is 43.7 Å². The number of hydrogen-bond acceptors (Lipinski definition) is 3. The number of carbonyl (C=O) groups is 3. The van der Waals surface area contributed by atoms with Crippen LogP contribution in [0.5, 0.6) is 0 Å². The van der Waals surface area contributed by atoms with Gasteiger partial charge in [0.1, 0.15) is 0 Å². The van der Waals surface area contributed by atoms with Crippen molar-refractivity contribution >= 4 is 35.1 Å². The summed E-state index contributed by atoms with van der Waals surface area (Å²) in [7, 11) is 0. The predicted octanol–water partition coefficient (Wildman–Crippen LogP) is 3.67. The van der Waals surface area contributed by atoms with Gasteiger partial charge in [-0.1, -0.05) is 29.8 Å². The lowest BCUT2D eigenvalue weighted by Gasteiger charge is -2.17. The van der Waals surface area contributed by atoms with Gasteiger partial charge in [0.05, 0.1) is 11.1 Å². The first-order chi connectivity index (χ1) is 12.4. The van der Waals surface area contributed by atoms with Gasteiger partial charge in [-0.25, -0.2) is 4.79 Å². The number of nitrogens with zero attached hydrogens (tertiary/aromatic N) is 1. The molecule has 2 aromatic rings. The Labute approximate surface area is 156 Å². The van der Waals surface area contributed by atoms with E-state index in [9.17, 15) is 14.4 Å². The van der Waals surface area contributed by atoms with Crippen molar-refractivity contribution in [3.8, 4) is 0 Å². The van der Waals surface area contributed by atoms with Gasteiger partial charge in [-0.15, -0.1) is 0 Å². The maximum atomic E-state index is 12.4. The minimum Gasteiger partial charge on any atom is -0.334 e. The number of carbonyl (C=O) groups excluding carboxylic acids is 3. The largest absolute Gasteiger partial charge is 0.334 e. The maximum Gasteiger partial charge on any atom is 0.319 e. The Morgan fingerprint density at radius 1 is 1.08 bits per heavy atom. The van der Waals surface area contributed by atoms with E-state index >= 15 is 0 Å². The summed E-state index contributed by atoms with van der Waals surface area (Å²) < 4.78 is 0. The molecular formula is C19H18ClN3O3. The van der Waals surface area contributed by atoms with Crippen molar-refractivity contribution in [3.05, 3.63) is 64.2 Å². The van der Waals surface area contributed by atoms with Crippen LogP contribution in [0.25, 0.3) is 0 Å². The minimum absolute atomic E-state index is 0.224. The van der Waals surface area contributed by atoms with E-state index in [0.717, 1.165) is 5.56 Å². The summed E-state index contributed by atoms with van der Waals surface area (Å²) in [5.41, 5.74) is 1.89. The summed E-state index contributed by atoms with van der Waals surface area (Å²) in [6.07, 6.45) is 0. The lowest BCUT2D eigenvalue weighted by atomic mass is 10.1. The number of nitrogens with one attached hydrogen (secondary N) is 2. The molecule has 7 heteroatoms. The summed E-state index contributed by atoms with van der Waals surface area (Å²) in [4.78, 5) is 38.0. The monoisotopic (exact) mass is 371 g/mol. The molecule has 26 heavy (non-hydrogen) atoms. The molecule has 4 amide bonds. The van der Waals surface area contributed by atoms with E-state index in [0.29, 0.717) is 21.8 Å². The number of fused-ring (bicyclic) bond motifs is 1. The highest BCUT2D eigenvalue weighted by atomic mass is 35.5. The summed E-state index contributed by atoms with van der Waals surface area (Å²) in [5.74, 6) is -0.658. The molecule has 0 unspecified atom stereocenters. The fraction of sp³-hybridized carbons (Fsp3) is 0.211. The molecule has 0 bridgehead atoms. The van der Waals surface area contributed by atoms with Crippen molar-refractivity contribution in [2.24, 2.45) is 0 Å². The smallest absolute Gasteiger partial charge is 0.319 e. The molecule has 0 spiro atoms. The lowest BCUT2D eigenvalue weighted by Crippen LogP contribution is -2.35. The second-order valence-electron chi connectivity index (χ2n) is 6.23. The minimum atomic E-state index is -0.428. The van der Waals surface area contributed by atoms with E-state index in [-0.39, 0.29) is 24.4 Å². The Morgan fingerprint density at radius 3 is 2.46 bits per heavy atom. The average molecular weight is 372 g/mol. The highest BCUT2D eigenvalue weighted by Crippen LogP contribution is 2.27. The fourth-order valence-electron chi connectivity index (χ4n) is 2.80. The molecule has 3 rings (SSSR count). The first-order valence-electron chi connectivity index (χ1n) is 8.18. The Balaban J connectivity index is 1.69. The number of halogens is 1. The van der Waals surface area contributed by atoms with Crippen LogP contribution < -0.4 is 10.6 Å². The van der Waals surface area contributed by atoms with Gasteiger partial charge in [0.2, 0.25) is 0 Å². The van der Waals surface area contributed by atoms with Gasteiger partial charge in [0.15, 0.2) is 0 Å². The van der Waals surface area contributed by atoms with Gasteiger partial charge in [0.25, 0.3) is 11.8 Å². The van der Waals surface area contributed by atoms with Crippen LogP contribution in [-0.2, 0) is 6.54 Å². The molecule has 1 aliphatic heterocycles. The van der Waals surface area contributed by atoms with Gasteiger partial charge in [0, 0.05) is 23.3 Å². The second kappa shape index (κ2) is 7.17. The first kappa shape index (κ1) is 17.9. The van der Waals surface area contributed by atoms with Gasteiger partial charge in [-0.2, -0.15) is 0 Å². The summed E-state index contributed by atoms with van der Waals surface area (Å²) >= 11 is 6.05. The summed E-state index contributed by atoms with van der Waals surface area (Å²) in [6, 6.07) is 11.3. The van der Waals surface area contributed by atoms with Crippen molar-refractivity contribution in [1.29, 1.82) is 0 Å². The Kier molecular flexibility index (Phi) is 4.95. The molecule has 2 N–H and O–H groups in total. The molecule has 1 heterocycles. The lowest BCUT2D eigenvalue weighted by molar-refractivity contribution is 0.0609. The third-order valence-corrected chi connectivity index (χ3v) is 4.46. The molecule has 1 aliphatic rings. The molecule has 2 aromatic carbocycles. The van der Waals surface area contributed by atoms with Crippen LogP contribution in [0.3, 0.4) is 0 Å². The molecule has 0 atom stereocenters. The number of anilines is 1. The fourth-order valence-corrected chi connectivity index (χ4v) is 3.00. The van der Waals surface area contributed by atoms with Crippen LogP contribution in [0.4, 0.5) is 10.5 Å². The second-order valence-corrected chi connectivity index (χ2v) is 6.64. The van der Waals surface area contributed by atoms with Gasteiger partial charge < -0.3 is 10.6 Å². The summed E-state index contributed by atoms with van der Waals surface area (Å²) in [5, 5.41) is 5.94. The Morgan fingerprint density at radius 2 is 1.77 bits per heavy atom. The normalized spacial score (nSPS) is 13.2. The zero-order valence-electron chi connectivity index (χ0n) is 14.4. The van der Waals surface area contributed by atoms with Crippen molar-refractivity contribution < 1.29 is 14.4 Å². The quantitative estimate of drug-likeness (QED) is 0.805. The van der Waals surface area contributed by atoms with Crippen LogP contribution in [0.15, 0.2) is 42.5 Å². The molecule has 0 saturated heterocycles. The van der Waals surface area contributed by atoms with Crippen LogP contribution in [0, 0.1) is 0 Å². The summed E-state index contributed by atoms with van der Waals surface area (Å²) in [6.45, 7) is 3.83. The van der Waals surface area contributed by atoms with E-state index in [1.165, 1.54) is 11.0 Å². The van der Waals surface area contributed by atoms with Crippen molar-refractivity contribution in [3.63, 3.8) is 0 Å². The molecule has 0 aromatic heterocycles. The van der Waals surface area contributed by atoms with Gasteiger partial charge in [-0.3, -0.25) is 14.5 Å². The third kappa shape index (κ3) is 3.41. The zero-order valence-corrected chi connectivity index (χ0v) is 15.1. The topological polar surface area (TPSA) is 78.5 Å². The molecular weight excluding hydrogens is 354 g/mol. The third-order valence-electron chi connectivity index (χ3n) is 4.09. The number of hydrogen-bond donors (Lipinski definition) is 2. The van der Waals surface area contributed by atoms with Gasteiger partial charge >= 0.3 is 6.03 Å². The number of benzene rings is 2. The highest BCUT2D eigenvalue weighted by Gasteiger charge is 2.37. The molecule has 0 radical (unpaired) electrons. The Hall–Kier alpha value is -2.86. The van der Waals surface area contributed by atoms with Crippen molar-refractivity contribution in [1.82, 2.24) is 10.2 Å². The number of urea groups is 1. The predicted molar refractivity (Wildman–Crippen MR) is 99.4 cm³/mol. The number of amides is 4. The van der Waals surface area contributed by atoms with Crippen LogP contribution in [0.2, 0.25) is 5.02 Å². The highest BCUT2D eigenvalue weighted by molar-refractivity contribution is 6.31. The standard InChI is InChI=1S/C19H18ClN3O3/c1-11(2)23-17(24)14-8-7-13(9-15(14)18(23)25)22-19(26)21-10-12-5-3-4-6-16(12)20/h3-9,11H,10H2,1-2H3,(H2,21,22,26). The average Bonchev–Trinajstić information content (AvgIpc) is 2.85. The molecule has 0 fully saturated rings. The molecule has 134 valence electrons. The van der Waals surface area contributed by atoms with Crippen LogP contribution in [0.1, 0.15) is 40.1 Å². The van der Waals surface area contributed by atoms with E-state index in [2.05, 4.69) is 10.6 Å².